The van der Waals surface area contributed by atoms with Crippen molar-refractivity contribution in [2.45, 2.75) is 20.3 Å². The first-order valence-electron chi connectivity index (χ1n) is 9.03. The number of aromatic amines is 1. The summed E-state index contributed by atoms with van der Waals surface area (Å²) in [6.07, 6.45) is 3.98. The summed E-state index contributed by atoms with van der Waals surface area (Å²) >= 11 is 0. The number of nitrogens with one attached hydrogen (secondary N) is 3. The Labute approximate surface area is 163 Å². The Morgan fingerprint density at radius 2 is 2.14 bits per heavy atom. The van der Waals surface area contributed by atoms with Crippen molar-refractivity contribution in [1.29, 1.82) is 0 Å². The zero-order chi connectivity index (χ0) is 19.9. The summed E-state index contributed by atoms with van der Waals surface area (Å²) in [4.78, 5) is 29.1. The Bertz CT molecular complexity index is 955. The molecule has 2 heterocycles. The molecule has 0 fully saturated rings. The minimum absolute atomic E-state index is 0.221. The Balaban J connectivity index is 1.65. The maximum absolute atomic E-state index is 12.4. The van der Waals surface area contributed by atoms with Gasteiger partial charge in [0.05, 0.1) is 12.3 Å². The molecular weight excluding hydrogens is 358 g/mol. The number of benzene rings is 1. The van der Waals surface area contributed by atoms with Crippen molar-refractivity contribution >= 4 is 11.9 Å². The number of rotatable bonds is 8. The highest BCUT2D eigenvalue weighted by atomic mass is 16.6. The van der Waals surface area contributed by atoms with E-state index in [1.54, 1.807) is 30.6 Å². The molecule has 0 aliphatic heterocycles. The van der Waals surface area contributed by atoms with E-state index in [2.05, 4.69) is 25.7 Å². The van der Waals surface area contributed by atoms with Crippen molar-refractivity contribution in [2.24, 2.45) is 0 Å². The smallest absolute Gasteiger partial charge is 0.267 e. The lowest BCUT2D eigenvalue weighted by Crippen LogP contribution is -2.25. The third-order valence-electron chi connectivity index (χ3n) is 4.15. The largest absolute Gasteiger partial charge is 0.508 e. The molecule has 4 N–H and O–H groups in total. The summed E-state index contributed by atoms with van der Waals surface area (Å²) in [6, 6.07) is 8.83. The highest BCUT2D eigenvalue weighted by Crippen LogP contribution is 2.23. The van der Waals surface area contributed by atoms with Crippen LogP contribution in [-0.4, -0.2) is 39.1 Å². The second-order valence-corrected chi connectivity index (χ2v) is 6.20. The molecule has 0 bridgehead atoms. The topological polar surface area (TPSA) is 112 Å². The van der Waals surface area contributed by atoms with Crippen LogP contribution in [0, 0.1) is 6.92 Å². The molecular formula is C20H23N5O3. The van der Waals surface area contributed by atoms with Crippen molar-refractivity contribution in [3.63, 3.8) is 0 Å². The van der Waals surface area contributed by atoms with E-state index in [4.69, 9.17) is 4.84 Å². The van der Waals surface area contributed by atoms with Crippen LogP contribution in [0.25, 0.3) is 11.3 Å². The van der Waals surface area contributed by atoms with Gasteiger partial charge >= 0.3 is 0 Å². The number of para-hydroxylation sites is 1. The molecule has 3 aromatic rings. The number of hydrogen-bond acceptors (Lipinski definition) is 6. The van der Waals surface area contributed by atoms with Gasteiger partial charge in [0.1, 0.15) is 11.4 Å². The molecule has 8 heteroatoms. The SMILES string of the molecule is CCONc1ncc(C)c(-c2c[nH]c(C(=O)NCCc3ccccc3O)c2)n1. The van der Waals surface area contributed by atoms with Crippen molar-refractivity contribution in [2.75, 3.05) is 18.6 Å². The zero-order valence-corrected chi connectivity index (χ0v) is 15.8. The molecule has 146 valence electrons. The van der Waals surface area contributed by atoms with Gasteiger partial charge in [0.25, 0.3) is 5.91 Å². The van der Waals surface area contributed by atoms with Crippen LogP contribution in [0.3, 0.4) is 0 Å². The Morgan fingerprint density at radius 3 is 2.93 bits per heavy atom. The van der Waals surface area contributed by atoms with Crippen molar-refractivity contribution in [3.8, 4) is 17.0 Å². The minimum Gasteiger partial charge on any atom is -0.508 e. The van der Waals surface area contributed by atoms with Crippen LogP contribution in [0.1, 0.15) is 28.5 Å². The maximum atomic E-state index is 12.4. The van der Waals surface area contributed by atoms with Gasteiger partial charge in [-0.05, 0) is 43.5 Å². The van der Waals surface area contributed by atoms with E-state index in [0.717, 1.165) is 16.7 Å². The van der Waals surface area contributed by atoms with Gasteiger partial charge in [-0.3, -0.25) is 9.63 Å². The van der Waals surface area contributed by atoms with Crippen LogP contribution in [0.2, 0.25) is 0 Å². The van der Waals surface area contributed by atoms with E-state index in [9.17, 15) is 9.90 Å². The molecule has 0 aliphatic rings. The van der Waals surface area contributed by atoms with E-state index in [-0.39, 0.29) is 11.7 Å². The number of hydrogen-bond donors (Lipinski definition) is 4. The zero-order valence-electron chi connectivity index (χ0n) is 15.8. The Morgan fingerprint density at radius 1 is 1.32 bits per heavy atom. The van der Waals surface area contributed by atoms with Crippen molar-refractivity contribution in [1.82, 2.24) is 20.3 Å². The third kappa shape index (κ3) is 4.66. The molecule has 1 aromatic carbocycles. The number of nitrogens with zero attached hydrogens (tertiary/aromatic N) is 2. The monoisotopic (exact) mass is 381 g/mol. The summed E-state index contributed by atoms with van der Waals surface area (Å²) in [5, 5.41) is 12.6. The van der Waals surface area contributed by atoms with Crippen LogP contribution in [0.4, 0.5) is 5.95 Å². The van der Waals surface area contributed by atoms with Gasteiger partial charge in [-0.2, -0.15) is 0 Å². The minimum atomic E-state index is -0.221. The maximum Gasteiger partial charge on any atom is 0.267 e. The van der Waals surface area contributed by atoms with Crippen molar-refractivity contribution in [3.05, 3.63) is 59.5 Å². The van der Waals surface area contributed by atoms with Gasteiger partial charge in [0, 0.05) is 24.5 Å². The van der Waals surface area contributed by atoms with Crippen LogP contribution in [0.15, 0.2) is 42.7 Å². The third-order valence-corrected chi connectivity index (χ3v) is 4.15. The Hall–Kier alpha value is -3.39. The Kier molecular flexibility index (Phi) is 6.23. The average molecular weight is 381 g/mol. The predicted molar refractivity (Wildman–Crippen MR) is 106 cm³/mol. The molecule has 2 aromatic heterocycles. The van der Waals surface area contributed by atoms with Crippen LogP contribution >= 0.6 is 0 Å². The van der Waals surface area contributed by atoms with Crippen molar-refractivity contribution < 1.29 is 14.7 Å². The molecule has 0 radical (unpaired) electrons. The fourth-order valence-electron chi connectivity index (χ4n) is 2.71. The lowest BCUT2D eigenvalue weighted by atomic mass is 10.1. The molecule has 1 amide bonds. The molecule has 0 atom stereocenters. The molecule has 0 spiro atoms. The number of carbonyl (C=O) groups excluding carboxylic acids is 1. The number of aromatic hydroxyl groups is 1. The summed E-state index contributed by atoms with van der Waals surface area (Å²) in [5.74, 6) is 0.368. The quantitative estimate of drug-likeness (QED) is 0.447. The first kappa shape index (κ1) is 19.4. The summed E-state index contributed by atoms with van der Waals surface area (Å²) in [6.45, 7) is 4.67. The second kappa shape index (κ2) is 9.01. The van der Waals surface area contributed by atoms with E-state index in [1.165, 1.54) is 0 Å². The summed E-state index contributed by atoms with van der Waals surface area (Å²) in [5.41, 5.74) is 6.28. The number of aromatic nitrogens is 3. The molecule has 0 unspecified atom stereocenters. The number of aryl methyl sites for hydroxylation is 1. The molecule has 0 saturated carbocycles. The highest BCUT2D eigenvalue weighted by Gasteiger charge is 2.13. The van der Waals surface area contributed by atoms with E-state index in [1.807, 2.05) is 26.0 Å². The molecule has 0 aliphatic carbocycles. The average Bonchev–Trinajstić information content (AvgIpc) is 3.19. The first-order valence-corrected chi connectivity index (χ1v) is 9.03. The molecule has 8 nitrogen and oxygen atoms in total. The molecule has 3 rings (SSSR count). The standard InChI is InChI=1S/C20H23N5O3/c1-3-28-25-20-23-11-13(2)18(24-20)15-10-16(22-12-15)19(27)21-9-8-14-6-4-5-7-17(14)26/h4-7,10-12,22,26H,3,8-9H2,1-2H3,(H,21,27)(H,23,24,25). The number of phenols is 1. The van der Waals surface area contributed by atoms with Crippen LogP contribution in [-0.2, 0) is 11.3 Å². The molecule has 0 saturated heterocycles. The normalized spacial score (nSPS) is 10.6. The lowest BCUT2D eigenvalue weighted by Gasteiger charge is -2.07. The van der Waals surface area contributed by atoms with Gasteiger partial charge in [0.2, 0.25) is 5.95 Å². The van der Waals surface area contributed by atoms with Gasteiger partial charge < -0.3 is 15.4 Å². The van der Waals surface area contributed by atoms with Gasteiger partial charge in [-0.15, -0.1) is 0 Å². The summed E-state index contributed by atoms with van der Waals surface area (Å²) < 4.78 is 0. The van der Waals surface area contributed by atoms with E-state index in [0.29, 0.717) is 36.9 Å². The fraction of sp³-hybridized carbons (Fsp3) is 0.250. The van der Waals surface area contributed by atoms with E-state index >= 15 is 0 Å². The molecule has 28 heavy (non-hydrogen) atoms. The predicted octanol–water partition coefficient (Wildman–Crippen LogP) is 2.82. The lowest BCUT2D eigenvalue weighted by molar-refractivity contribution is 0.0949. The fourth-order valence-corrected chi connectivity index (χ4v) is 2.71. The number of phenolic OH excluding ortho intramolecular Hbond substituents is 1. The highest BCUT2D eigenvalue weighted by molar-refractivity contribution is 5.93. The van der Waals surface area contributed by atoms with E-state index < -0.39 is 0 Å². The van der Waals surface area contributed by atoms with Gasteiger partial charge in [-0.25, -0.2) is 15.4 Å². The van der Waals surface area contributed by atoms with Gasteiger partial charge in [-0.1, -0.05) is 18.2 Å². The first-order chi connectivity index (χ1) is 13.6. The number of amides is 1. The summed E-state index contributed by atoms with van der Waals surface area (Å²) in [7, 11) is 0. The second-order valence-electron chi connectivity index (χ2n) is 6.20. The number of carbonyl (C=O) groups is 1. The number of H-pyrrole nitrogens is 1. The van der Waals surface area contributed by atoms with Crippen LogP contribution < -0.4 is 10.8 Å². The van der Waals surface area contributed by atoms with Gasteiger partial charge in [0.15, 0.2) is 0 Å². The number of anilines is 1. The van der Waals surface area contributed by atoms with Crippen LogP contribution in [0.5, 0.6) is 5.75 Å².